The number of amides is 1. The van der Waals surface area contributed by atoms with E-state index in [0.29, 0.717) is 18.4 Å². The number of rotatable bonds is 5. The largest absolute Gasteiger partial charge is 0.496 e. The lowest BCUT2D eigenvalue weighted by Gasteiger charge is -2.38. The van der Waals surface area contributed by atoms with Gasteiger partial charge in [-0.05, 0) is 56.8 Å². The average molecular weight is 344 g/mol. The van der Waals surface area contributed by atoms with E-state index in [1.165, 1.54) is 38.8 Å². The van der Waals surface area contributed by atoms with Crippen LogP contribution in [0.15, 0.2) is 24.3 Å². The summed E-state index contributed by atoms with van der Waals surface area (Å²) >= 11 is 0. The van der Waals surface area contributed by atoms with Gasteiger partial charge in [0, 0.05) is 25.6 Å². The number of carbonyl (C=O) groups excluding carboxylic acids is 1. The molecule has 2 aliphatic heterocycles. The van der Waals surface area contributed by atoms with Gasteiger partial charge in [0.2, 0.25) is 5.91 Å². The van der Waals surface area contributed by atoms with Crippen molar-refractivity contribution in [2.45, 2.75) is 57.4 Å². The molecule has 0 radical (unpaired) electrons. The van der Waals surface area contributed by atoms with Crippen LogP contribution < -0.4 is 4.74 Å². The van der Waals surface area contributed by atoms with E-state index in [0.717, 1.165) is 43.7 Å². The Balaban J connectivity index is 1.45. The molecule has 0 unspecified atom stereocenters. The number of aryl methyl sites for hydroxylation is 1. The summed E-state index contributed by atoms with van der Waals surface area (Å²) in [6, 6.07) is 8.69. The number of hydrogen-bond donors (Lipinski definition) is 0. The van der Waals surface area contributed by atoms with Crippen molar-refractivity contribution < 1.29 is 9.53 Å². The first-order valence-electron chi connectivity index (χ1n) is 9.91. The highest BCUT2D eigenvalue weighted by Crippen LogP contribution is 2.22. The molecule has 1 aromatic carbocycles. The molecule has 2 aliphatic rings. The minimum absolute atomic E-state index is 0.292. The van der Waals surface area contributed by atoms with Crippen molar-refractivity contribution in [3.8, 4) is 5.75 Å². The summed E-state index contributed by atoms with van der Waals surface area (Å²) < 4.78 is 5.38. The van der Waals surface area contributed by atoms with Crippen LogP contribution in [0, 0.1) is 0 Å². The summed E-state index contributed by atoms with van der Waals surface area (Å²) in [5.74, 6) is 1.18. The summed E-state index contributed by atoms with van der Waals surface area (Å²) in [5, 5.41) is 0. The molecule has 2 fully saturated rings. The van der Waals surface area contributed by atoms with Crippen molar-refractivity contribution in [3.63, 3.8) is 0 Å². The molecule has 2 heterocycles. The van der Waals surface area contributed by atoms with Gasteiger partial charge in [0.25, 0.3) is 0 Å². The monoisotopic (exact) mass is 344 g/mol. The Kier molecular flexibility index (Phi) is 6.74. The Morgan fingerprint density at radius 2 is 1.72 bits per heavy atom. The summed E-state index contributed by atoms with van der Waals surface area (Å²) in [7, 11) is 1.69. The SMILES string of the molecule is COc1ccccc1CCC(=O)N1CCC(N2CCCCCC2)CC1. The summed E-state index contributed by atoms with van der Waals surface area (Å²) in [5.41, 5.74) is 1.12. The fourth-order valence-electron chi connectivity index (χ4n) is 4.25. The Labute approximate surface area is 152 Å². The molecular formula is C21H32N2O2. The van der Waals surface area contributed by atoms with E-state index in [2.05, 4.69) is 15.9 Å². The number of methoxy groups -OCH3 is 1. The average Bonchev–Trinajstić information content (AvgIpc) is 2.96. The zero-order valence-corrected chi connectivity index (χ0v) is 15.6. The van der Waals surface area contributed by atoms with E-state index in [4.69, 9.17) is 4.74 Å². The quantitative estimate of drug-likeness (QED) is 0.820. The zero-order chi connectivity index (χ0) is 17.5. The van der Waals surface area contributed by atoms with Crippen molar-refractivity contribution >= 4 is 5.91 Å². The van der Waals surface area contributed by atoms with Crippen LogP contribution in [0.5, 0.6) is 5.75 Å². The van der Waals surface area contributed by atoms with Gasteiger partial charge in [-0.3, -0.25) is 4.79 Å². The van der Waals surface area contributed by atoms with Gasteiger partial charge in [-0.25, -0.2) is 0 Å². The number of hydrogen-bond acceptors (Lipinski definition) is 3. The number of benzene rings is 1. The maximum atomic E-state index is 12.6. The predicted octanol–water partition coefficient (Wildman–Crippen LogP) is 3.49. The molecule has 0 saturated carbocycles. The number of likely N-dealkylation sites (tertiary alicyclic amines) is 2. The third-order valence-electron chi connectivity index (χ3n) is 5.77. The van der Waals surface area contributed by atoms with Crippen LogP contribution in [0.2, 0.25) is 0 Å². The fourth-order valence-corrected chi connectivity index (χ4v) is 4.25. The number of nitrogens with zero attached hydrogens (tertiary/aromatic N) is 2. The third-order valence-corrected chi connectivity index (χ3v) is 5.77. The van der Waals surface area contributed by atoms with Crippen LogP contribution in [0.4, 0.5) is 0 Å². The molecule has 0 N–H and O–H groups in total. The first kappa shape index (κ1) is 18.2. The first-order valence-corrected chi connectivity index (χ1v) is 9.91. The minimum atomic E-state index is 0.292. The van der Waals surface area contributed by atoms with Gasteiger partial charge < -0.3 is 14.5 Å². The van der Waals surface area contributed by atoms with Crippen molar-refractivity contribution in [1.82, 2.24) is 9.80 Å². The van der Waals surface area contributed by atoms with Crippen LogP contribution in [-0.4, -0.2) is 55.0 Å². The number of piperidine rings is 1. The van der Waals surface area contributed by atoms with Crippen LogP contribution >= 0.6 is 0 Å². The lowest BCUT2D eigenvalue weighted by Crippen LogP contribution is -2.47. The molecule has 2 saturated heterocycles. The maximum absolute atomic E-state index is 12.6. The minimum Gasteiger partial charge on any atom is -0.496 e. The Bertz CT molecular complexity index is 545. The summed E-state index contributed by atoms with van der Waals surface area (Å²) in [4.78, 5) is 17.3. The molecule has 4 nitrogen and oxygen atoms in total. The lowest BCUT2D eigenvalue weighted by molar-refractivity contribution is -0.132. The molecule has 25 heavy (non-hydrogen) atoms. The van der Waals surface area contributed by atoms with E-state index < -0.39 is 0 Å². The molecular weight excluding hydrogens is 312 g/mol. The van der Waals surface area contributed by atoms with Gasteiger partial charge in [0.1, 0.15) is 5.75 Å². The van der Waals surface area contributed by atoms with E-state index >= 15 is 0 Å². The highest BCUT2D eigenvalue weighted by Gasteiger charge is 2.27. The number of ether oxygens (including phenoxy) is 1. The number of para-hydroxylation sites is 1. The Hall–Kier alpha value is -1.55. The molecule has 0 aliphatic carbocycles. The van der Waals surface area contributed by atoms with Gasteiger partial charge in [-0.1, -0.05) is 31.0 Å². The van der Waals surface area contributed by atoms with Gasteiger partial charge in [-0.2, -0.15) is 0 Å². The van der Waals surface area contributed by atoms with Crippen molar-refractivity contribution in [1.29, 1.82) is 0 Å². The Morgan fingerprint density at radius 1 is 1.04 bits per heavy atom. The van der Waals surface area contributed by atoms with Crippen LogP contribution in [0.25, 0.3) is 0 Å². The fraction of sp³-hybridized carbons (Fsp3) is 0.667. The maximum Gasteiger partial charge on any atom is 0.222 e. The van der Waals surface area contributed by atoms with Crippen molar-refractivity contribution in [2.75, 3.05) is 33.3 Å². The van der Waals surface area contributed by atoms with Gasteiger partial charge in [0.05, 0.1) is 7.11 Å². The van der Waals surface area contributed by atoms with Crippen LogP contribution in [-0.2, 0) is 11.2 Å². The Morgan fingerprint density at radius 3 is 2.40 bits per heavy atom. The topological polar surface area (TPSA) is 32.8 Å². The molecule has 1 aromatic rings. The second-order valence-electron chi connectivity index (χ2n) is 7.37. The molecule has 4 heteroatoms. The molecule has 138 valence electrons. The van der Waals surface area contributed by atoms with E-state index in [1.54, 1.807) is 7.11 Å². The van der Waals surface area contributed by atoms with Crippen molar-refractivity contribution in [2.24, 2.45) is 0 Å². The number of carbonyl (C=O) groups is 1. The van der Waals surface area contributed by atoms with Crippen LogP contribution in [0.1, 0.15) is 50.5 Å². The molecule has 0 spiro atoms. The summed E-state index contributed by atoms with van der Waals surface area (Å²) in [6.45, 7) is 4.36. The first-order chi connectivity index (χ1) is 12.3. The normalized spacial score (nSPS) is 20.3. The highest BCUT2D eigenvalue weighted by atomic mass is 16.5. The van der Waals surface area contributed by atoms with E-state index in [-0.39, 0.29) is 0 Å². The lowest BCUT2D eigenvalue weighted by atomic mass is 10.0. The standard InChI is InChI=1S/C21H32N2O2/c1-25-20-9-5-4-8-18(20)10-11-21(24)23-16-12-19(13-17-23)22-14-6-2-3-7-15-22/h4-5,8-9,19H,2-3,6-7,10-17H2,1H3. The molecule has 3 rings (SSSR count). The molecule has 0 atom stereocenters. The smallest absolute Gasteiger partial charge is 0.222 e. The second-order valence-corrected chi connectivity index (χ2v) is 7.37. The molecule has 0 aromatic heterocycles. The van der Waals surface area contributed by atoms with E-state index in [1.807, 2.05) is 18.2 Å². The van der Waals surface area contributed by atoms with Gasteiger partial charge in [-0.15, -0.1) is 0 Å². The van der Waals surface area contributed by atoms with Crippen molar-refractivity contribution in [3.05, 3.63) is 29.8 Å². The van der Waals surface area contributed by atoms with Gasteiger partial charge >= 0.3 is 0 Å². The zero-order valence-electron chi connectivity index (χ0n) is 15.6. The van der Waals surface area contributed by atoms with Crippen LogP contribution in [0.3, 0.4) is 0 Å². The second kappa shape index (κ2) is 9.23. The molecule has 1 amide bonds. The molecule has 0 bridgehead atoms. The van der Waals surface area contributed by atoms with Gasteiger partial charge in [0.15, 0.2) is 0 Å². The van der Waals surface area contributed by atoms with E-state index in [9.17, 15) is 4.79 Å². The third kappa shape index (κ3) is 4.97. The highest BCUT2D eigenvalue weighted by molar-refractivity contribution is 5.76. The summed E-state index contributed by atoms with van der Waals surface area (Å²) in [6.07, 6.45) is 9.08. The predicted molar refractivity (Wildman–Crippen MR) is 101 cm³/mol.